The molecular weight excluding hydrogens is 192 g/mol. The number of fused-ring (bicyclic) bond motifs is 1. The van der Waals surface area contributed by atoms with Gasteiger partial charge in [-0.25, -0.2) is 0 Å². The van der Waals surface area contributed by atoms with Gasteiger partial charge in [-0.15, -0.1) is 0 Å². The zero-order valence-electron chi connectivity index (χ0n) is 9.75. The molecule has 0 saturated carbocycles. The van der Waals surface area contributed by atoms with Crippen LogP contribution in [-0.4, -0.2) is 22.7 Å². The van der Waals surface area contributed by atoms with Crippen molar-refractivity contribution in [1.29, 1.82) is 0 Å². The Morgan fingerprint density at radius 2 is 1.86 bits per heavy atom. The summed E-state index contributed by atoms with van der Waals surface area (Å²) in [5, 5.41) is 0. The molecule has 14 heavy (non-hydrogen) atoms. The lowest BCUT2D eigenvalue weighted by atomic mass is 9.79. The Morgan fingerprint density at radius 1 is 1.21 bits per heavy atom. The van der Waals surface area contributed by atoms with E-state index >= 15 is 0 Å². The van der Waals surface area contributed by atoms with Crippen LogP contribution in [0.4, 0.5) is 0 Å². The fraction of sp³-hybridized carbons (Fsp3) is 1.00. The van der Waals surface area contributed by atoms with Crippen molar-refractivity contribution in [3.8, 4) is 0 Å². The van der Waals surface area contributed by atoms with E-state index in [0.717, 1.165) is 11.8 Å². The molecule has 0 aromatic carbocycles. The molecule has 2 aliphatic heterocycles. The van der Waals surface area contributed by atoms with Crippen molar-refractivity contribution in [3.05, 3.63) is 0 Å². The third-order valence-electron chi connectivity index (χ3n) is 3.94. The van der Waals surface area contributed by atoms with Crippen LogP contribution in [0.15, 0.2) is 0 Å². The van der Waals surface area contributed by atoms with Crippen LogP contribution in [-0.2, 0) is 4.74 Å². The van der Waals surface area contributed by atoms with Crippen LogP contribution >= 0.6 is 11.8 Å². The highest BCUT2D eigenvalue weighted by molar-refractivity contribution is 8.00. The number of ether oxygens (including phenoxy) is 1. The van der Waals surface area contributed by atoms with Crippen LogP contribution in [0.3, 0.4) is 0 Å². The standard InChI is InChI=1S/C12H22OS/c1-5-9-8-7-14-12(3,4)11(8)10(6-2)13-9/h8-11H,5-7H2,1-4H3. The molecule has 2 fully saturated rings. The molecule has 0 aromatic rings. The molecule has 2 saturated heterocycles. The average Bonchev–Trinajstić information content (AvgIpc) is 2.65. The second kappa shape index (κ2) is 3.71. The van der Waals surface area contributed by atoms with Gasteiger partial charge in [-0.3, -0.25) is 0 Å². The topological polar surface area (TPSA) is 9.23 Å². The summed E-state index contributed by atoms with van der Waals surface area (Å²) in [6.07, 6.45) is 3.44. The van der Waals surface area contributed by atoms with Gasteiger partial charge in [0.2, 0.25) is 0 Å². The molecule has 2 aliphatic rings. The monoisotopic (exact) mass is 214 g/mol. The third-order valence-corrected chi connectivity index (χ3v) is 5.51. The Kier molecular flexibility index (Phi) is 2.87. The Hall–Kier alpha value is 0.310. The van der Waals surface area contributed by atoms with Gasteiger partial charge < -0.3 is 4.74 Å². The summed E-state index contributed by atoms with van der Waals surface area (Å²) >= 11 is 2.15. The third kappa shape index (κ3) is 1.51. The van der Waals surface area contributed by atoms with Gasteiger partial charge in [0.05, 0.1) is 12.2 Å². The highest BCUT2D eigenvalue weighted by Crippen LogP contribution is 2.54. The maximum Gasteiger partial charge on any atom is 0.0621 e. The van der Waals surface area contributed by atoms with Gasteiger partial charge in [0.15, 0.2) is 0 Å². The minimum atomic E-state index is 0.440. The van der Waals surface area contributed by atoms with E-state index in [1.54, 1.807) is 0 Å². The van der Waals surface area contributed by atoms with Crippen LogP contribution in [0.2, 0.25) is 0 Å². The molecule has 2 heterocycles. The van der Waals surface area contributed by atoms with E-state index in [0.29, 0.717) is 17.0 Å². The van der Waals surface area contributed by atoms with Crippen LogP contribution in [0, 0.1) is 11.8 Å². The smallest absolute Gasteiger partial charge is 0.0621 e. The summed E-state index contributed by atoms with van der Waals surface area (Å²) in [7, 11) is 0. The molecule has 82 valence electrons. The lowest BCUT2D eigenvalue weighted by Crippen LogP contribution is -2.32. The Labute approximate surface area is 92.0 Å². The second-order valence-electron chi connectivity index (χ2n) is 5.13. The van der Waals surface area contributed by atoms with E-state index in [4.69, 9.17) is 4.74 Å². The predicted molar refractivity (Wildman–Crippen MR) is 62.8 cm³/mol. The molecule has 0 aromatic heterocycles. The van der Waals surface area contributed by atoms with Crippen LogP contribution in [0.25, 0.3) is 0 Å². The molecular formula is C12H22OS. The first-order valence-electron chi connectivity index (χ1n) is 5.89. The van der Waals surface area contributed by atoms with Gasteiger partial charge >= 0.3 is 0 Å². The minimum Gasteiger partial charge on any atom is -0.374 e. The van der Waals surface area contributed by atoms with Crippen LogP contribution in [0.5, 0.6) is 0 Å². The molecule has 0 spiro atoms. The van der Waals surface area contributed by atoms with E-state index in [2.05, 4.69) is 39.5 Å². The fourth-order valence-corrected chi connectivity index (χ4v) is 4.81. The average molecular weight is 214 g/mol. The van der Waals surface area contributed by atoms with Crippen molar-refractivity contribution in [3.63, 3.8) is 0 Å². The van der Waals surface area contributed by atoms with E-state index in [9.17, 15) is 0 Å². The van der Waals surface area contributed by atoms with Gasteiger partial charge in [-0.1, -0.05) is 27.7 Å². The van der Waals surface area contributed by atoms with Crippen LogP contribution in [0.1, 0.15) is 40.5 Å². The molecule has 2 heteroatoms. The molecule has 2 rings (SSSR count). The van der Waals surface area contributed by atoms with Gasteiger partial charge in [0.25, 0.3) is 0 Å². The normalized spacial score (nSPS) is 45.4. The highest BCUT2D eigenvalue weighted by atomic mass is 32.2. The second-order valence-corrected chi connectivity index (χ2v) is 6.81. The summed E-state index contributed by atoms with van der Waals surface area (Å²) in [4.78, 5) is 0. The first-order valence-corrected chi connectivity index (χ1v) is 6.88. The molecule has 0 aliphatic carbocycles. The summed E-state index contributed by atoms with van der Waals surface area (Å²) in [6, 6.07) is 0. The van der Waals surface area contributed by atoms with Gasteiger partial charge in [0, 0.05) is 16.6 Å². The zero-order valence-corrected chi connectivity index (χ0v) is 10.6. The Balaban J connectivity index is 2.19. The molecule has 0 radical (unpaired) electrons. The number of hydrogen-bond donors (Lipinski definition) is 0. The lowest BCUT2D eigenvalue weighted by molar-refractivity contribution is 0.0230. The number of thioether (sulfide) groups is 1. The SMILES string of the molecule is CCC1OC(CC)C2C1CSC2(C)C. The molecule has 0 amide bonds. The molecule has 0 bridgehead atoms. The van der Waals surface area contributed by atoms with Crippen molar-refractivity contribution in [2.24, 2.45) is 11.8 Å². The van der Waals surface area contributed by atoms with Crippen LogP contribution < -0.4 is 0 Å². The molecule has 0 N–H and O–H groups in total. The Bertz CT molecular complexity index is 214. The van der Waals surface area contributed by atoms with Crippen molar-refractivity contribution >= 4 is 11.8 Å². The first kappa shape index (κ1) is 10.8. The number of rotatable bonds is 2. The van der Waals surface area contributed by atoms with E-state index in [1.165, 1.54) is 18.6 Å². The van der Waals surface area contributed by atoms with Crippen molar-refractivity contribution in [2.45, 2.75) is 57.5 Å². The van der Waals surface area contributed by atoms with E-state index in [1.807, 2.05) is 0 Å². The summed E-state index contributed by atoms with van der Waals surface area (Å²) in [6.45, 7) is 9.31. The maximum atomic E-state index is 6.15. The summed E-state index contributed by atoms with van der Waals surface area (Å²) in [5.74, 6) is 2.93. The van der Waals surface area contributed by atoms with Gasteiger partial charge in [-0.2, -0.15) is 11.8 Å². The summed E-state index contributed by atoms with van der Waals surface area (Å²) in [5.41, 5.74) is 0. The van der Waals surface area contributed by atoms with Crippen molar-refractivity contribution < 1.29 is 4.74 Å². The van der Waals surface area contributed by atoms with E-state index in [-0.39, 0.29) is 0 Å². The zero-order chi connectivity index (χ0) is 10.3. The van der Waals surface area contributed by atoms with Gasteiger partial charge in [0.1, 0.15) is 0 Å². The van der Waals surface area contributed by atoms with Crippen molar-refractivity contribution in [2.75, 3.05) is 5.75 Å². The molecule has 4 atom stereocenters. The predicted octanol–water partition coefficient (Wildman–Crippen LogP) is 3.33. The van der Waals surface area contributed by atoms with E-state index < -0.39 is 0 Å². The largest absolute Gasteiger partial charge is 0.374 e. The van der Waals surface area contributed by atoms with Gasteiger partial charge in [-0.05, 0) is 18.6 Å². The quantitative estimate of drug-likeness (QED) is 0.697. The van der Waals surface area contributed by atoms with Crippen molar-refractivity contribution in [1.82, 2.24) is 0 Å². The summed E-state index contributed by atoms with van der Waals surface area (Å²) < 4.78 is 6.59. The highest BCUT2D eigenvalue weighted by Gasteiger charge is 2.54. The first-order chi connectivity index (χ1) is 6.60. The molecule has 1 nitrogen and oxygen atoms in total. The minimum absolute atomic E-state index is 0.440. The Morgan fingerprint density at radius 3 is 2.43 bits per heavy atom. The lowest BCUT2D eigenvalue weighted by Gasteiger charge is -2.28. The molecule has 4 unspecified atom stereocenters. The maximum absolute atomic E-state index is 6.15. The number of hydrogen-bond acceptors (Lipinski definition) is 2. The fourth-order valence-electron chi connectivity index (χ4n) is 3.25.